The Labute approximate surface area is 108 Å². The number of nitrogens with zero attached hydrogens (tertiary/aromatic N) is 2. The first kappa shape index (κ1) is 12.9. The van der Waals surface area contributed by atoms with Gasteiger partial charge in [0, 0.05) is 36.4 Å². The fourth-order valence-electron chi connectivity index (χ4n) is 2.35. The molecule has 4 heteroatoms. The highest BCUT2D eigenvalue weighted by Gasteiger charge is 2.16. The van der Waals surface area contributed by atoms with Crippen molar-refractivity contribution in [2.75, 3.05) is 26.0 Å². The van der Waals surface area contributed by atoms with E-state index in [1.54, 1.807) is 0 Å². The summed E-state index contributed by atoms with van der Waals surface area (Å²) in [7, 11) is 4.05. The molecule has 0 aromatic carbocycles. The molecule has 0 bridgehead atoms. The molecule has 0 aliphatic rings. The van der Waals surface area contributed by atoms with E-state index < -0.39 is 0 Å². The van der Waals surface area contributed by atoms with Crippen LogP contribution in [0, 0.1) is 0 Å². The number of aromatic amines is 1. The normalized spacial score (nSPS) is 13.2. The molecule has 0 amide bonds. The Kier molecular flexibility index (Phi) is 3.87. The Bertz CT molecular complexity index is 517. The minimum Gasteiger partial charge on any atom is -0.373 e. The minimum absolute atomic E-state index is 0.445. The van der Waals surface area contributed by atoms with E-state index in [1.807, 2.05) is 13.2 Å². The smallest absolute Gasteiger partial charge is 0.127 e. The van der Waals surface area contributed by atoms with E-state index in [-0.39, 0.29) is 0 Å². The van der Waals surface area contributed by atoms with Gasteiger partial charge in [0.1, 0.15) is 5.82 Å². The average Bonchev–Trinajstić information content (AvgIpc) is 2.81. The molecule has 18 heavy (non-hydrogen) atoms. The molecule has 4 nitrogen and oxygen atoms in total. The minimum atomic E-state index is 0.445. The van der Waals surface area contributed by atoms with Crippen LogP contribution in [0.1, 0.15) is 32.0 Å². The fourth-order valence-corrected chi connectivity index (χ4v) is 2.35. The van der Waals surface area contributed by atoms with Gasteiger partial charge < -0.3 is 10.3 Å². The van der Waals surface area contributed by atoms with Crippen molar-refractivity contribution in [1.29, 1.82) is 0 Å². The highest BCUT2D eigenvalue weighted by molar-refractivity contribution is 5.81. The molecular weight excluding hydrogens is 224 g/mol. The van der Waals surface area contributed by atoms with Gasteiger partial charge in [-0.3, -0.25) is 4.90 Å². The molecule has 0 fully saturated rings. The molecule has 1 unspecified atom stereocenters. The fraction of sp³-hybridized carbons (Fsp3) is 0.500. The number of fused-ring (bicyclic) bond motifs is 1. The average molecular weight is 246 g/mol. The van der Waals surface area contributed by atoms with E-state index in [1.165, 1.54) is 11.1 Å². The number of hydrogen-bond acceptors (Lipinski definition) is 3. The summed E-state index contributed by atoms with van der Waals surface area (Å²) in [5.74, 6) is 0.896. The number of anilines is 1. The summed E-state index contributed by atoms with van der Waals surface area (Å²) in [6, 6.07) is 4.71. The summed E-state index contributed by atoms with van der Waals surface area (Å²) in [6.45, 7) is 5.46. The van der Waals surface area contributed by atoms with Gasteiger partial charge in [-0.15, -0.1) is 0 Å². The van der Waals surface area contributed by atoms with Crippen LogP contribution in [0.2, 0.25) is 0 Å². The summed E-state index contributed by atoms with van der Waals surface area (Å²) in [6.07, 6.45) is 3.02. The van der Waals surface area contributed by atoms with Crippen LogP contribution in [-0.2, 0) is 0 Å². The van der Waals surface area contributed by atoms with Crippen molar-refractivity contribution in [3.63, 3.8) is 0 Å². The standard InChI is InChI=1S/C14H22N4/c1-5-13(18(4)6-2)12-7-10-9-16-14(15-3)8-11(10)17-12/h7-9,13,17H,5-6H2,1-4H3,(H,15,16). The van der Waals surface area contributed by atoms with Crippen LogP contribution >= 0.6 is 0 Å². The third kappa shape index (κ3) is 2.34. The largest absolute Gasteiger partial charge is 0.373 e. The van der Waals surface area contributed by atoms with E-state index >= 15 is 0 Å². The third-order valence-electron chi connectivity index (χ3n) is 3.56. The zero-order valence-corrected chi connectivity index (χ0v) is 11.6. The first-order chi connectivity index (χ1) is 8.69. The quantitative estimate of drug-likeness (QED) is 0.852. The summed E-state index contributed by atoms with van der Waals surface area (Å²) < 4.78 is 0. The van der Waals surface area contributed by atoms with Crippen LogP contribution in [0.3, 0.4) is 0 Å². The molecule has 1 atom stereocenters. The predicted octanol–water partition coefficient (Wildman–Crippen LogP) is 3.01. The summed E-state index contributed by atoms with van der Waals surface area (Å²) in [4.78, 5) is 10.2. The van der Waals surface area contributed by atoms with Crippen LogP contribution in [0.5, 0.6) is 0 Å². The zero-order chi connectivity index (χ0) is 13.1. The van der Waals surface area contributed by atoms with E-state index in [0.717, 1.165) is 24.3 Å². The van der Waals surface area contributed by atoms with Crippen molar-refractivity contribution < 1.29 is 0 Å². The predicted molar refractivity (Wildman–Crippen MR) is 77.0 cm³/mol. The number of rotatable bonds is 5. The van der Waals surface area contributed by atoms with Crippen LogP contribution in [-0.4, -0.2) is 35.5 Å². The van der Waals surface area contributed by atoms with Gasteiger partial charge >= 0.3 is 0 Å². The van der Waals surface area contributed by atoms with Gasteiger partial charge in [-0.1, -0.05) is 13.8 Å². The first-order valence-electron chi connectivity index (χ1n) is 6.56. The van der Waals surface area contributed by atoms with E-state index in [9.17, 15) is 0 Å². The number of H-pyrrole nitrogens is 1. The Morgan fingerprint density at radius 2 is 2.17 bits per heavy atom. The number of hydrogen-bond donors (Lipinski definition) is 2. The lowest BCUT2D eigenvalue weighted by Gasteiger charge is -2.24. The molecule has 2 rings (SSSR count). The van der Waals surface area contributed by atoms with Gasteiger partial charge in [-0.05, 0) is 26.1 Å². The van der Waals surface area contributed by atoms with E-state index in [2.05, 4.69) is 53.2 Å². The van der Waals surface area contributed by atoms with Crippen LogP contribution in [0.4, 0.5) is 5.82 Å². The lowest BCUT2D eigenvalue weighted by atomic mass is 10.1. The Balaban J connectivity index is 2.39. The Morgan fingerprint density at radius 1 is 1.39 bits per heavy atom. The highest BCUT2D eigenvalue weighted by atomic mass is 15.1. The van der Waals surface area contributed by atoms with Crippen molar-refractivity contribution >= 4 is 16.7 Å². The van der Waals surface area contributed by atoms with Crippen LogP contribution in [0.15, 0.2) is 18.3 Å². The lowest BCUT2D eigenvalue weighted by molar-refractivity contribution is 0.247. The maximum atomic E-state index is 4.34. The molecule has 0 radical (unpaired) electrons. The maximum absolute atomic E-state index is 4.34. The molecule has 2 aromatic heterocycles. The van der Waals surface area contributed by atoms with Gasteiger partial charge in [-0.25, -0.2) is 4.98 Å². The third-order valence-corrected chi connectivity index (χ3v) is 3.56. The molecule has 0 aliphatic carbocycles. The molecular formula is C14H22N4. The van der Waals surface area contributed by atoms with Gasteiger partial charge in [0.2, 0.25) is 0 Å². The number of nitrogens with one attached hydrogen (secondary N) is 2. The van der Waals surface area contributed by atoms with Gasteiger partial charge in [0.25, 0.3) is 0 Å². The van der Waals surface area contributed by atoms with Crippen molar-refractivity contribution in [2.24, 2.45) is 0 Å². The molecule has 2 aromatic rings. The molecule has 0 saturated carbocycles. The van der Waals surface area contributed by atoms with Crippen molar-refractivity contribution in [1.82, 2.24) is 14.9 Å². The second-order valence-electron chi connectivity index (χ2n) is 4.63. The van der Waals surface area contributed by atoms with E-state index in [4.69, 9.17) is 0 Å². The van der Waals surface area contributed by atoms with Gasteiger partial charge in [0.15, 0.2) is 0 Å². The topological polar surface area (TPSA) is 44.0 Å². The molecule has 0 saturated heterocycles. The summed E-state index contributed by atoms with van der Waals surface area (Å²) in [5.41, 5.74) is 2.42. The van der Waals surface area contributed by atoms with Gasteiger partial charge in [0.05, 0.1) is 5.52 Å². The summed E-state index contributed by atoms with van der Waals surface area (Å²) in [5, 5.41) is 4.24. The second kappa shape index (κ2) is 5.40. The molecule has 0 aliphatic heterocycles. The Morgan fingerprint density at radius 3 is 2.78 bits per heavy atom. The second-order valence-corrected chi connectivity index (χ2v) is 4.63. The molecule has 98 valence electrons. The number of aromatic nitrogens is 2. The van der Waals surface area contributed by atoms with Crippen LogP contribution < -0.4 is 5.32 Å². The van der Waals surface area contributed by atoms with Crippen molar-refractivity contribution in [3.8, 4) is 0 Å². The SMILES string of the molecule is CCC(c1cc2cnc(NC)cc2[nH]1)N(C)CC. The zero-order valence-electron chi connectivity index (χ0n) is 11.6. The Hall–Kier alpha value is -1.55. The van der Waals surface area contributed by atoms with Crippen molar-refractivity contribution in [3.05, 3.63) is 24.0 Å². The van der Waals surface area contributed by atoms with Crippen LogP contribution in [0.25, 0.3) is 10.9 Å². The monoisotopic (exact) mass is 246 g/mol. The van der Waals surface area contributed by atoms with E-state index in [0.29, 0.717) is 6.04 Å². The summed E-state index contributed by atoms with van der Waals surface area (Å²) >= 11 is 0. The number of pyridine rings is 1. The molecule has 2 N–H and O–H groups in total. The van der Waals surface area contributed by atoms with Gasteiger partial charge in [-0.2, -0.15) is 0 Å². The molecule has 0 spiro atoms. The van der Waals surface area contributed by atoms with Crippen molar-refractivity contribution in [2.45, 2.75) is 26.3 Å². The highest BCUT2D eigenvalue weighted by Crippen LogP contribution is 2.26. The molecule has 2 heterocycles. The lowest BCUT2D eigenvalue weighted by Crippen LogP contribution is -2.23. The first-order valence-corrected chi connectivity index (χ1v) is 6.56. The maximum Gasteiger partial charge on any atom is 0.127 e.